The van der Waals surface area contributed by atoms with Crippen molar-refractivity contribution >= 4 is 22.5 Å². The van der Waals surface area contributed by atoms with Crippen LogP contribution >= 0.6 is 0 Å². The number of carbonyl (C=O) groups excluding carboxylic acids is 2. The number of nitrogens with one attached hydrogen (secondary N) is 1. The standard InChI is InChI=1S/C23H22FN3O3/c1-14(28)16-8-10-27(11-9-16)23(30)19-12-15(6-7-20(19)24)13-21-17-4-2-3-5-18(17)22(29)26-25-21/h2-7,12,16H,8-11,13H2,1H3,(H,26,29). The highest BCUT2D eigenvalue weighted by Gasteiger charge is 2.27. The number of piperidine rings is 1. The number of Topliss-reactive ketones (excluding diaryl/α,β-unsaturated/α-hetero) is 1. The summed E-state index contributed by atoms with van der Waals surface area (Å²) in [5, 5.41) is 7.91. The van der Waals surface area contributed by atoms with Crippen molar-refractivity contribution in [2.75, 3.05) is 13.1 Å². The summed E-state index contributed by atoms with van der Waals surface area (Å²) < 4.78 is 14.5. The summed E-state index contributed by atoms with van der Waals surface area (Å²) in [5.74, 6) is -0.826. The van der Waals surface area contributed by atoms with Crippen LogP contribution in [-0.2, 0) is 11.2 Å². The summed E-state index contributed by atoms with van der Waals surface area (Å²) in [6.45, 7) is 2.46. The number of nitrogens with zero attached hydrogens (tertiary/aromatic N) is 2. The molecule has 1 aromatic heterocycles. The van der Waals surface area contributed by atoms with Gasteiger partial charge < -0.3 is 4.90 Å². The molecule has 1 saturated heterocycles. The summed E-state index contributed by atoms with van der Waals surface area (Å²) >= 11 is 0. The summed E-state index contributed by atoms with van der Waals surface area (Å²) in [7, 11) is 0. The quantitative estimate of drug-likeness (QED) is 0.720. The second-order valence-electron chi connectivity index (χ2n) is 7.71. The van der Waals surface area contributed by atoms with Gasteiger partial charge in [0.05, 0.1) is 16.6 Å². The summed E-state index contributed by atoms with van der Waals surface area (Å²) in [5.41, 5.74) is 1.13. The smallest absolute Gasteiger partial charge is 0.272 e. The second kappa shape index (κ2) is 8.18. The summed E-state index contributed by atoms with van der Waals surface area (Å²) in [6.07, 6.45) is 1.57. The number of aromatic amines is 1. The van der Waals surface area contributed by atoms with Crippen LogP contribution in [0.15, 0.2) is 47.3 Å². The molecular formula is C23H22FN3O3. The highest BCUT2D eigenvalue weighted by molar-refractivity contribution is 5.95. The topological polar surface area (TPSA) is 83.1 Å². The molecule has 7 heteroatoms. The molecule has 154 valence electrons. The van der Waals surface area contributed by atoms with Gasteiger partial charge in [0.2, 0.25) is 0 Å². The van der Waals surface area contributed by atoms with E-state index in [2.05, 4.69) is 10.2 Å². The lowest BCUT2D eigenvalue weighted by Crippen LogP contribution is -2.40. The van der Waals surface area contributed by atoms with Crippen molar-refractivity contribution in [2.24, 2.45) is 5.92 Å². The minimum absolute atomic E-state index is 0.0162. The van der Waals surface area contributed by atoms with Crippen LogP contribution in [0.1, 0.15) is 41.4 Å². The molecule has 2 heterocycles. The third kappa shape index (κ3) is 3.87. The molecule has 0 bridgehead atoms. The summed E-state index contributed by atoms with van der Waals surface area (Å²) in [4.78, 5) is 38.0. The first kappa shape index (κ1) is 19.9. The number of hydrogen-bond acceptors (Lipinski definition) is 4. The molecule has 1 aliphatic heterocycles. The molecule has 3 aromatic rings. The fourth-order valence-corrected chi connectivity index (χ4v) is 4.01. The molecule has 1 N–H and O–H groups in total. The first-order valence-electron chi connectivity index (χ1n) is 9.98. The maximum Gasteiger partial charge on any atom is 0.272 e. The third-order valence-corrected chi connectivity index (χ3v) is 5.76. The van der Waals surface area contributed by atoms with E-state index >= 15 is 0 Å². The number of hydrogen-bond donors (Lipinski definition) is 1. The number of ketones is 1. The lowest BCUT2D eigenvalue weighted by molar-refractivity contribution is -0.121. The molecule has 0 unspecified atom stereocenters. The number of fused-ring (bicyclic) bond motifs is 1. The van der Waals surface area contributed by atoms with Crippen molar-refractivity contribution in [3.8, 4) is 0 Å². The van der Waals surface area contributed by atoms with Crippen molar-refractivity contribution in [1.82, 2.24) is 15.1 Å². The van der Waals surface area contributed by atoms with Crippen LogP contribution in [0, 0.1) is 11.7 Å². The van der Waals surface area contributed by atoms with Gasteiger partial charge in [-0.2, -0.15) is 5.10 Å². The normalized spacial score (nSPS) is 14.8. The van der Waals surface area contributed by atoms with Crippen LogP contribution in [0.2, 0.25) is 0 Å². The Morgan fingerprint density at radius 3 is 2.53 bits per heavy atom. The fraction of sp³-hybridized carbons (Fsp3) is 0.304. The predicted octanol–water partition coefficient (Wildman–Crippen LogP) is 3.09. The van der Waals surface area contributed by atoms with Gasteiger partial charge in [0, 0.05) is 30.8 Å². The van der Waals surface area contributed by atoms with Crippen molar-refractivity contribution in [1.29, 1.82) is 0 Å². The second-order valence-corrected chi connectivity index (χ2v) is 7.71. The van der Waals surface area contributed by atoms with Gasteiger partial charge in [0.25, 0.3) is 11.5 Å². The average molecular weight is 407 g/mol. The van der Waals surface area contributed by atoms with Crippen molar-refractivity contribution < 1.29 is 14.0 Å². The van der Waals surface area contributed by atoms with E-state index in [4.69, 9.17) is 0 Å². The molecule has 2 aromatic carbocycles. The zero-order valence-electron chi connectivity index (χ0n) is 16.7. The lowest BCUT2D eigenvalue weighted by atomic mass is 9.93. The van der Waals surface area contributed by atoms with Gasteiger partial charge in [-0.05, 0) is 43.5 Å². The van der Waals surface area contributed by atoms with Crippen molar-refractivity contribution in [2.45, 2.75) is 26.2 Å². The average Bonchev–Trinajstić information content (AvgIpc) is 2.76. The van der Waals surface area contributed by atoms with Crippen LogP contribution in [0.4, 0.5) is 4.39 Å². The molecule has 1 fully saturated rings. The number of likely N-dealkylation sites (tertiary alicyclic amines) is 1. The van der Waals surface area contributed by atoms with Gasteiger partial charge in [-0.15, -0.1) is 0 Å². The molecule has 1 amide bonds. The largest absolute Gasteiger partial charge is 0.339 e. The lowest BCUT2D eigenvalue weighted by Gasteiger charge is -2.31. The van der Waals surface area contributed by atoms with Gasteiger partial charge in [-0.25, -0.2) is 9.49 Å². The Hall–Kier alpha value is -3.35. The molecule has 6 nitrogen and oxygen atoms in total. The van der Waals surface area contributed by atoms with E-state index < -0.39 is 5.82 Å². The van der Waals surface area contributed by atoms with Gasteiger partial charge in [-0.1, -0.05) is 24.3 Å². The van der Waals surface area contributed by atoms with Crippen LogP contribution < -0.4 is 5.56 Å². The molecular weight excluding hydrogens is 385 g/mol. The maximum absolute atomic E-state index is 14.5. The van der Waals surface area contributed by atoms with Crippen molar-refractivity contribution in [3.05, 3.63) is 75.5 Å². The van der Waals surface area contributed by atoms with E-state index in [0.717, 1.165) is 10.9 Å². The van der Waals surface area contributed by atoms with Crippen LogP contribution in [-0.4, -0.2) is 39.9 Å². The predicted molar refractivity (Wildman–Crippen MR) is 111 cm³/mol. The zero-order valence-corrected chi connectivity index (χ0v) is 16.7. The molecule has 0 spiro atoms. The SMILES string of the molecule is CC(=O)C1CCN(C(=O)c2cc(Cc3n[nH]c(=O)c4ccccc34)ccc2F)CC1. The number of halogens is 1. The first-order valence-corrected chi connectivity index (χ1v) is 9.98. The fourth-order valence-electron chi connectivity index (χ4n) is 4.01. The Kier molecular flexibility index (Phi) is 5.44. The van der Waals surface area contributed by atoms with Gasteiger partial charge in [-0.3, -0.25) is 14.4 Å². The molecule has 0 radical (unpaired) electrons. The van der Waals surface area contributed by atoms with E-state index in [1.807, 2.05) is 12.1 Å². The minimum Gasteiger partial charge on any atom is -0.339 e. The molecule has 0 saturated carbocycles. The van der Waals surface area contributed by atoms with E-state index in [1.165, 1.54) is 6.07 Å². The van der Waals surface area contributed by atoms with E-state index in [-0.39, 0.29) is 28.7 Å². The van der Waals surface area contributed by atoms with Crippen molar-refractivity contribution in [3.63, 3.8) is 0 Å². The molecule has 30 heavy (non-hydrogen) atoms. The first-order chi connectivity index (χ1) is 14.4. The van der Waals surface area contributed by atoms with E-state index in [9.17, 15) is 18.8 Å². The van der Waals surface area contributed by atoms with Crippen LogP contribution in [0.5, 0.6) is 0 Å². The molecule has 0 aliphatic carbocycles. The number of carbonyl (C=O) groups is 2. The number of amides is 1. The number of aromatic nitrogens is 2. The van der Waals surface area contributed by atoms with Crippen LogP contribution in [0.3, 0.4) is 0 Å². The van der Waals surface area contributed by atoms with E-state index in [1.54, 1.807) is 36.1 Å². The Morgan fingerprint density at radius 1 is 1.13 bits per heavy atom. The van der Waals surface area contributed by atoms with E-state index in [0.29, 0.717) is 43.4 Å². The third-order valence-electron chi connectivity index (χ3n) is 5.76. The van der Waals surface area contributed by atoms with Gasteiger partial charge in [0.15, 0.2) is 0 Å². The monoisotopic (exact) mass is 407 g/mol. The van der Waals surface area contributed by atoms with Gasteiger partial charge in [0.1, 0.15) is 11.6 Å². The Morgan fingerprint density at radius 2 is 1.83 bits per heavy atom. The number of rotatable bonds is 4. The molecule has 4 rings (SSSR count). The Labute approximate surface area is 172 Å². The maximum atomic E-state index is 14.5. The zero-order chi connectivity index (χ0) is 21.3. The van der Waals surface area contributed by atoms with Gasteiger partial charge >= 0.3 is 0 Å². The summed E-state index contributed by atoms with van der Waals surface area (Å²) in [6, 6.07) is 11.6. The number of benzene rings is 2. The Bertz CT molecular complexity index is 1180. The molecule has 1 aliphatic rings. The number of H-pyrrole nitrogens is 1. The highest BCUT2D eigenvalue weighted by atomic mass is 19.1. The molecule has 0 atom stereocenters. The minimum atomic E-state index is -0.572. The van der Waals surface area contributed by atoms with Crippen LogP contribution in [0.25, 0.3) is 10.8 Å². The Balaban J connectivity index is 1.59. The highest BCUT2D eigenvalue weighted by Crippen LogP contribution is 2.23.